The average molecular weight is 319 g/mol. The third-order valence-corrected chi connectivity index (χ3v) is 3.18. The van der Waals surface area contributed by atoms with Crippen molar-refractivity contribution in [1.82, 2.24) is 9.55 Å². The van der Waals surface area contributed by atoms with Crippen LogP contribution in [0.3, 0.4) is 0 Å². The molecule has 0 saturated carbocycles. The van der Waals surface area contributed by atoms with Crippen LogP contribution in [0.15, 0.2) is 21.7 Å². The standard InChI is InChI=1S/C13H10ClF3N2O2/c1-2-3-7-11(14)18-13(21)19(12(7)20)9-5-6(15)4-8(16)10(9)17/h4-5H,2-3H2,1H3,(H,18,21). The van der Waals surface area contributed by atoms with Gasteiger partial charge in [-0.1, -0.05) is 24.9 Å². The lowest BCUT2D eigenvalue weighted by Crippen LogP contribution is -2.37. The summed E-state index contributed by atoms with van der Waals surface area (Å²) in [5.41, 5.74) is -2.74. The number of nitrogens with one attached hydrogen (secondary N) is 1. The van der Waals surface area contributed by atoms with Gasteiger partial charge in [-0.2, -0.15) is 0 Å². The minimum absolute atomic E-state index is 0.0443. The molecule has 0 radical (unpaired) electrons. The fourth-order valence-electron chi connectivity index (χ4n) is 1.94. The molecule has 8 heteroatoms. The minimum atomic E-state index is -1.50. The lowest BCUT2D eigenvalue weighted by molar-refractivity contribution is 0.488. The van der Waals surface area contributed by atoms with E-state index in [9.17, 15) is 22.8 Å². The van der Waals surface area contributed by atoms with Crippen LogP contribution in [-0.4, -0.2) is 9.55 Å². The van der Waals surface area contributed by atoms with Gasteiger partial charge < -0.3 is 0 Å². The van der Waals surface area contributed by atoms with E-state index in [1.165, 1.54) is 0 Å². The predicted octanol–water partition coefficient (Wildman–Crippen LogP) is 2.55. The zero-order chi connectivity index (χ0) is 15.7. The molecule has 0 fully saturated rings. The van der Waals surface area contributed by atoms with Crippen molar-refractivity contribution in [2.24, 2.45) is 0 Å². The van der Waals surface area contributed by atoms with E-state index in [1.54, 1.807) is 6.92 Å². The molecule has 0 bridgehead atoms. The number of nitrogens with zero attached hydrogens (tertiary/aromatic N) is 1. The van der Waals surface area contributed by atoms with E-state index < -0.39 is 34.4 Å². The van der Waals surface area contributed by atoms with Gasteiger partial charge in [-0.3, -0.25) is 9.78 Å². The molecule has 0 aliphatic rings. The summed E-state index contributed by atoms with van der Waals surface area (Å²) in [7, 11) is 0. The normalized spacial score (nSPS) is 10.9. The van der Waals surface area contributed by atoms with Crippen LogP contribution in [0, 0.1) is 17.5 Å². The van der Waals surface area contributed by atoms with Crippen LogP contribution in [0.5, 0.6) is 0 Å². The summed E-state index contributed by atoms with van der Waals surface area (Å²) in [6.45, 7) is 1.77. The van der Waals surface area contributed by atoms with Gasteiger partial charge in [-0.25, -0.2) is 22.5 Å². The van der Waals surface area contributed by atoms with Crippen LogP contribution >= 0.6 is 11.6 Å². The topological polar surface area (TPSA) is 54.9 Å². The van der Waals surface area contributed by atoms with Crippen molar-refractivity contribution < 1.29 is 13.2 Å². The Hall–Kier alpha value is -2.02. The SMILES string of the molecule is CCCc1c(Cl)[nH]c(=O)n(-c2cc(F)cc(F)c2F)c1=O. The zero-order valence-corrected chi connectivity index (χ0v) is 11.6. The highest BCUT2D eigenvalue weighted by atomic mass is 35.5. The smallest absolute Gasteiger partial charge is 0.297 e. The summed E-state index contributed by atoms with van der Waals surface area (Å²) in [5, 5.41) is -0.166. The third-order valence-electron chi connectivity index (χ3n) is 2.86. The van der Waals surface area contributed by atoms with Crippen LogP contribution in [0.25, 0.3) is 5.69 Å². The molecule has 0 spiro atoms. The zero-order valence-electron chi connectivity index (χ0n) is 10.8. The van der Waals surface area contributed by atoms with Crippen molar-refractivity contribution >= 4 is 11.6 Å². The molecule has 0 saturated heterocycles. The van der Waals surface area contributed by atoms with E-state index in [-0.39, 0.29) is 17.1 Å². The maximum atomic E-state index is 13.8. The lowest BCUT2D eigenvalue weighted by atomic mass is 10.2. The maximum Gasteiger partial charge on any atom is 0.334 e. The molecule has 21 heavy (non-hydrogen) atoms. The summed E-state index contributed by atoms with van der Waals surface area (Å²) >= 11 is 5.76. The molecule has 1 aromatic heterocycles. The van der Waals surface area contributed by atoms with Crippen LogP contribution in [0.4, 0.5) is 13.2 Å². The summed E-state index contributed by atoms with van der Waals surface area (Å²) in [6, 6.07) is 0.889. The van der Waals surface area contributed by atoms with Gasteiger partial charge in [0.15, 0.2) is 11.6 Å². The van der Waals surface area contributed by atoms with E-state index in [0.29, 0.717) is 23.1 Å². The van der Waals surface area contributed by atoms with Crippen LogP contribution in [0.2, 0.25) is 5.15 Å². The summed E-state index contributed by atoms with van der Waals surface area (Å²) in [6.07, 6.45) is 0.773. The Balaban J connectivity index is 2.85. The first kappa shape index (κ1) is 15.4. The Morgan fingerprint density at radius 2 is 1.90 bits per heavy atom. The molecule has 0 aliphatic heterocycles. The van der Waals surface area contributed by atoms with Crippen molar-refractivity contribution in [3.63, 3.8) is 0 Å². The Kier molecular flexibility index (Phi) is 4.22. The summed E-state index contributed by atoms with van der Waals surface area (Å²) in [5.74, 6) is -4.10. The van der Waals surface area contributed by atoms with E-state index in [1.807, 2.05) is 0 Å². The molecule has 0 unspecified atom stereocenters. The van der Waals surface area contributed by atoms with Crippen LogP contribution < -0.4 is 11.2 Å². The van der Waals surface area contributed by atoms with Crippen LogP contribution in [-0.2, 0) is 6.42 Å². The third kappa shape index (κ3) is 2.73. The van der Waals surface area contributed by atoms with Gasteiger partial charge in [0.1, 0.15) is 11.0 Å². The van der Waals surface area contributed by atoms with E-state index in [0.717, 1.165) is 0 Å². The number of hydrogen-bond acceptors (Lipinski definition) is 2. The second kappa shape index (κ2) is 5.77. The van der Waals surface area contributed by atoms with Crippen LogP contribution in [0.1, 0.15) is 18.9 Å². The highest BCUT2D eigenvalue weighted by molar-refractivity contribution is 6.30. The second-order valence-corrected chi connectivity index (χ2v) is 4.71. The molecule has 0 atom stereocenters. The van der Waals surface area contributed by atoms with Gasteiger partial charge in [0, 0.05) is 12.1 Å². The van der Waals surface area contributed by atoms with E-state index >= 15 is 0 Å². The van der Waals surface area contributed by atoms with Crippen molar-refractivity contribution in [3.05, 3.63) is 61.1 Å². The van der Waals surface area contributed by atoms with Gasteiger partial charge in [-0.15, -0.1) is 0 Å². The first-order chi connectivity index (χ1) is 9.86. The Morgan fingerprint density at radius 3 is 2.52 bits per heavy atom. The molecular weight excluding hydrogens is 309 g/mol. The number of aromatic nitrogens is 2. The summed E-state index contributed by atoms with van der Waals surface area (Å²) < 4.78 is 40.6. The second-order valence-electron chi connectivity index (χ2n) is 4.33. The van der Waals surface area contributed by atoms with E-state index in [2.05, 4.69) is 4.98 Å². The largest absolute Gasteiger partial charge is 0.334 e. The predicted molar refractivity (Wildman–Crippen MR) is 71.5 cm³/mol. The summed E-state index contributed by atoms with van der Waals surface area (Å²) in [4.78, 5) is 26.2. The molecule has 1 heterocycles. The molecule has 112 valence electrons. The van der Waals surface area contributed by atoms with Crippen molar-refractivity contribution in [2.75, 3.05) is 0 Å². The van der Waals surface area contributed by atoms with Gasteiger partial charge >= 0.3 is 5.69 Å². The molecular formula is C13H10ClF3N2O2. The van der Waals surface area contributed by atoms with Gasteiger partial charge in [0.25, 0.3) is 5.56 Å². The minimum Gasteiger partial charge on any atom is -0.297 e. The quantitative estimate of drug-likeness (QED) is 0.698. The Morgan fingerprint density at radius 1 is 1.24 bits per heavy atom. The molecule has 1 N–H and O–H groups in total. The molecule has 1 aromatic carbocycles. The molecule has 2 rings (SSSR count). The molecule has 4 nitrogen and oxygen atoms in total. The first-order valence-corrected chi connectivity index (χ1v) is 6.43. The van der Waals surface area contributed by atoms with Gasteiger partial charge in [0.05, 0.1) is 11.3 Å². The van der Waals surface area contributed by atoms with Crippen molar-refractivity contribution in [2.45, 2.75) is 19.8 Å². The molecule has 0 aliphatic carbocycles. The number of rotatable bonds is 3. The van der Waals surface area contributed by atoms with Crippen molar-refractivity contribution in [3.8, 4) is 5.69 Å². The highest BCUT2D eigenvalue weighted by Crippen LogP contribution is 2.17. The average Bonchev–Trinajstić information content (AvgIpc) is 2.39. The van der Waals surface area contributed by atoms with Gasteiger partial charge in [-0.05, 0) is 6.42 Å². The lowest BCUT2D eigenvalue weighted by Gasteiger charge is -2.10. The number of benzene rings is 1. The maximum absolute atomic E-state index is 13.8. The first-order valence-electron chi connectivity index (χ1n) is 6.05. The number of H-pyrrole nitrogens is 1. The number of halogens is 4. The van der Waals surface area contributed by atoms with Gasteiger partial charge in [0.2, 0.25) is 0 Å². The number of aromatic amines is 1. The Bertz CT molecular complexity index is 814. The number of hydrogen-bond donors (Lipinski definition) is 1. The monoisotopic (exact) mass is 318 g/mol. The molecule has 2 aromatic rings. The fourth-order valence-corrected chi connectivity index (χ4v) is 2.19. The van der Waals surface area contributed by atoms with Crippen molar-refractivity contribution in [1.29, 1.82) is 0 Å². The fraction of sp³-hybridized carbons (Fsp3) is 0.231. The highest BCUT2D eigenvalue weighted by Gasteiger charge is 2.19. The van der Waals surface area contributed by atoms with E-state index in [4.69, 9.17) is 11.6 Å². The molecule has 0 amide bonds. The Labute approximate surface area is 121 Å².